The van der Waals surface area contributed by atoms with Crippen molar-refractivity contribution < 1.29 is 9.47 Å². The smallest absolute Gasteiger partial charge is 0.188 e. The molecule has 1 aliphatic rings. The van der Waals surface area contributed by atoms with E-state index in [1.54, 1.807) is 14.2 Å². The van der Waals surface area contributed by atoms with Crippen LogP contribution < -0.4 is 20.5 Å². The molecule has 1 aliphatic carbocycles. The summed E-state index contributed by atoms with van der Waals surface area (Å²) in [6, 6.07) is 6.43. The molecule has 0 heterocycles. The van der Waals surface area contributed by atoms with Gasteiger partial charge in [-0.05, 0) is 37.0 Å². The highest BCUT2D eigenvalue weighted by Gasteiger charge is 2.13. The standard InChI is InChI=1S/C17H27N3O2.HI/c1-21-15-9-8-13(12-16(15)22-2)10-11-19-17(18)20-14-6-4-3-5-7-14;/h8-9,12,14H,3-7,10-11H2,1-2H3,(H3,18,19,20);1H. The first-order chi connectivity index (χ1) is 10.7. The zero-order chi connectivity index (χ0) is 15.8. The minimum Gasteiger partial charge on any atom is -0.493 e. The first-order valence-corrected chi connectivity index (χ1v) is 8.00. The predicted molar refractivity (Wildman–Crippen MR) is 105 cm³/mol. The van der Waals surface area contributed by atoms with Gasteiger partial charge in [-0.15, -0.1) is 24.0 Å². The molecule has 0 unspecified atom stereocenters. The van der Waals surface area contributed by atoms with E-state index in [1.165, 1.54) is 32.1 Å². The molecule has 1 saturated carbocycles. The van der Waals surface area contributed by atoms with Gasteiger partial charge in [0, 0.05) is 12.6 Å². The van der Waals surface area contributed by atoms with Gasteiger partial charge in [0.25, 0.3) is 0 Å². The van der Waals surface area contributed by atoms with Crippen LogP contribution in [0.3, 0.4) is 0 Å². The molecule has 0 atom stereocenters. The molecule has 1 fully saturated rings. The number of benzene rings is 1. The van der Waals surface area contributed by atoms with Crippen molar-refractivity contribution in [2.75, 3.05) is 20.8 Å². The number of hydrogen-bond donors (Lipinski definition) is 2. The molecule has 0 spiro atoms. The molecule has 0 saturated heterocycles. The lowest BCUT2D eigenvalue weighted by Gasteiger charge is -2.23. The van der Waals surface area contributed by atoms with Gasteiger partial charge in [-0.1, -0.05) is 25.3 Å². The van der Waals surface area contributed by atoms with Crippen LogP contribution in [0.15, 0.2) is 23.2 Å². The van der Waals surface area contributed by atoms with E-state index in [9.17, 15) is 0 Å². The normalized spacial score (nSPS) is 15.7. The maximum absolute atomic E-state index is 5.96. The first kappa shape index (κ1) is 19.9. The van der Waals surface area contributed by atoms with Crippen LogP contribution in [-0.4, -0.2) is 32.8 Å². The van der Waals surface area contributed by atoms with Crippen LogP contribution in [0.25, 0.3) is 0 Å². The summed E-state index contributed by atoms with van der Waals surface area (Å²) in [6.45, 7) is 0.668. The summed E-state index contributed by atoms with van der Waals surface area (Å²) in [4.78, 5) is 4.42. The van der Waals surface area contributed by atoms with Crippen molar-refractivity contribution >= 4 is 29.9 Å². The summed E-state index contributed by atoms with van der Waals surface area (Å²) in [6.07, 6.45) is 7.15. The van der Waals surface area contributed by atoms with Gasteiger partial charge in [0.1, 0.15) is 0 Å². The molecule has 0 radical (unpaired) electrons. The van der Waals surface area contributed by atoms with Crippen LogP contribution in [0.4, 0.5) is 0 Å². The van der Waals surface area contributed by atoms with Gasteiger partial charge in [0.15, 0.2) is 17.5 Å². The van der Waals surface area contributed by atoms with Gasteiger partial charge < -0.3 is 20.5 Å². The van der Waals surface area contributed by atoms with Gasteiger partial charge in [0.2, 0.25) is 0 Å². The lowest BCUT2D eigenvalue weighted by molar-refractivity contribution is 0.354. The molecular weight excluding hydrogens is 405 g/mol. The topological polar surface area (TPSA) is 68.9 Å². The highest BCUT2D eigenvalue weighted by atomic mass is 127. The number of aliphatic imine (C=N–C) groups is 1. The molecule has 6 heteroatoms. The maximum Gasteiger partial charge on any atom is 0.188 e. The number of methoxy groups -OCH3 is 2. The Morgan fingerprint density at radius 1 is 1.17 bits per heavy atom. The number of nitrogens with one attached hydrogen (secondary N) is 1. The lowest BCUT2D eigenvalue weighted by atomic mass is 9.96. The zero-order valence-electron chi connectivity index (χ0n) is 14.0. The number of ether oxygens (including phenoxy) is 2. The molecule has 0 aliphatic heterocycles. The van der Waals surface area contributed by atoms with E-state index >= 15 is 0 Å². The Morgan fingerprint density at radius 2 is 1.87 bits per heavy atom. The summed E-state index contributed by atoms with van der Waals surface area (Å²) >= 11 is 0. The molecule has 23 heavy (non-hydrogen) atoms. The second-order valence-corrected chi connectivity index (χ2v) is 5.69. The van der Waals surface area contributed by atoms with Crippen molar-refractivity contribution in [3.05, 3.63) is 23.8 Å². The largest absolute Gasteiger partial charge is 0.493 e. The van der Waals surface area contributed by atoms with Crippen molar-refractivity contribution in [2.45, 2.75) is 44.6 Å². The first-order valence-electron chi connectivity index (χ1n) is 8.00. The minimum atomic E-state index is 0. The van der Waals surface area contributed by atoms with Crippen molar-refractivity contribution in [2.24, 2.45) is 10.7 Å². The fraction of sp³-hybridized carbons (Fsp3) is 0.588. The van der Waals surface area contributed by atoms with Gasteiger partial charge in [-0.25, -0.2) is 0 Å². The second-order valence-electron chi connectivity index (χ2n) is 5.69. The summed E-state index contributed by atoms with van der Waals surface area (Å²) in [5, 5.41) is 3.33. The van der Waals surface area contributed by atoms with Crippen molar-refractivity contribution in [1.82, 2.24) is 5.32 Å². The summed E-state index contributed by atoms with van der Waals surface area (Å²) in [5.74, 6) is 2.05. The van der Waals surface area contributed by atoms with Crippen LogP contribution >= 0.6 is 24.0 Å². The van der Waals surface area contributed by atoms with Crippen LogP contribution in [0.1, 0.15) is 37.7 Å². The number of halogens is 1. The van der Waals surface area contributed by atoms with Crippen LogP contribution in [0, 0.1) is 0 Å². The average Bonchev–Trinajstić information content (AvgIpc) is 2.55. The van der Waals surface area contributed by atoms with Gasteiger partial charge in [-0.2, -0.15) is 0 Å². The van der Waals surface area contributed by atoms with Crippen LogP contribution in [-0.2, 0) is 6.42 Å². The van der Waals surface area contributed by atoms with Crippen LogP contribution in [0.5, 0.6) is 11.5 Å². The molecule has 0 amide bonds. The molecule has 0 aromatic heterocycles. The van der Waals surface area contributed by atoms with Gasteiger partial charge >= 0.3 is 0 Å². The highest BCUT2D eigenvalue weighted by Crippen LogP contribution is 2.27. The highest BCUT2D eigenvalue weighted by molar-refractivity contribution is 14.0. The van der Waals surface area contributed by atoms with Gasteiger partial charge in [0.05, 0.1) is 14.2 Å². The monoisotopic (exact) mass is 433 g/mol. The van der Waals surface area contributed by atoms with Crippen LogP contribution in [0.2, 0.25) is 0 Å². The van der Waals surface area contributed by atoms with E-state index in [0.717, 1.165) is 23.5 Å². The Balaban J connectivity index is 0.00000264. The molecule has 1 aromatic carbocycles. The molecule has 130 valence electrons. The van der Waals surface area contributed by atoms with E-state index in [2.05, 4.69) is 10.3 Å². The SMILES string of the molecule is COc1ccc(CCN=C(N)NC2CCCCC2)cc1OC.I. The Labute approximate surface area is 156 Å². The summed E-state index contributed by atoms with van der Waals surface area (Å²) < 4.78 is 10.5. The minimum absolute atomic E-state index is 0. The molecule has 0 bridgehead atoms. The summed E-state index contributed by atoms with van der Waals surface area (Å²) in [5.41, 5.74) is 7.12. The molecule has 2 rings (SSSR count). The number of nitrogens with two attached hydrogens (primary N) is 1. The lowest BCUT2D eigenvalue weighted by Crippen LogP contribution is -2.41. The van der Waals surface area contributed by atoms with Crippen molar-refractivity contribution in [3.8, 4) is 11.5 Å². The second kappa shape index (κ2) is 10.6. The molecule has 1 aromatic rings. The Bertz CT molecular complexity index is 503. The Kier molecular flexibility index (Phi) is 9.13. The number of rotatable bonds is 6. The quantitative estimate of drug-likeness (QED) is 0.411. The van der Waals surface area contributed by atoms with Crippen molar-refractivity contribution in [3.63, 3.8) is 0 Å². The number of hydrogen-bond acceptors (Lipinski definition) is 3. The summed E-state index contributed by atoms with van der Waals surface area (Å²) in [7, 11) is 3.28. The molecule has 3 N–H and O–H groups in total. The van der Waals surface area contributed by atoms with E-state index in [-0.39, 0.29) is 24.0 Å². The predicted octanol–water partition coefficient (Wildman–Crippen LogP) is 3.10. The van der Waals surface area contributed by atoms with E-state index in [1.807, 2.05) is 18.2 Å². The zero-order valence-corrected chi connectivity index (χ0v) is 16.3. The van der Waals surface area contributed by atoms with E-state index in [4.69, 9.17) is 15.2 Å². The average molecular weight is 433 g/mol. The van der Waals surface area contributed by atoms with Crippen molar-refractivity contribution in [1.29, 1.82) is 0 Å². The maximum atomic E-state index is 5.96. The Hall–Kier alpha value is -1.18. The fourth-order valence-corrected chi connectivity index (χ4v) is 2.84. The fourth-order valence-electron chi connectivity index (χ4n) is 2.84. The third-order valence-corrected chi connectivity index (χ3v) is 4.09. The molecular formula is C17H28IN3O2. The van der Waals surface area contributed by atoms with E-state index in [0.29, 0.717) is 18.5 Å². The third kappa shape index (κ3) is 6.45. The van der Waals surface area contributed by atoms with Gasteiger partial charge in [-0.3, -0.25) is 4.99 Å². The Morgan fingerprint density at radius 3 is 2.52 bits per heavy atom. The molecule has 5 nitrogen and oxygen atoms in total. The van der Waals surface area contributed by atoms with E-state index < -0.39 is 0 Å². The number of nitrogens with zero attached hydrogens (tertiary/aromatic N) is 1. The third-order valence-electron chi connectivity index (χ3n) is 4.09. The number of guanidine groups is 1.